The van der Waals surface area contributed by atoms with Crippen LogP contribution in [0.3, 0.4) is 0 Å². The van der Waals surface area contributed by atoms with Gasteiger partial charge in [0.1, 0.15) is 0 Å². The van der Waals surface area contributed by atoms with Crippen LogP contribution in [-0.2, 0) is 9.53 Å². The Bertz CT molecular complexity index is 271. The SMILES string of the molecule is C[C@@H](C(=O)N1CCOCC1)N1CCC(CO)CC1. The summed E-state index contributed by atoms with van der Waals surface area (Å²) in [5.74, 6) is 0.646. The van der Waals surface area contributed by atoms with Crippen LogP contribution in [0.15, 0.2) is 0 Å². The van der Waals surface area contributed by atoms with Crippen molar-refractivity contribution in [1.82, 2.24) is 9.80 Å². The molecular formula is C13H24N2O3. The second-order valence-corrected chi connectivity index (χ2v) is 5.28. The molecule has 1 amide bonds. The molecule has 2 aliphatic heterocycles. The number of morpholine rings is 1. The molecule has 0 aliphatic carbocycles. The molecule has 2 aliphatic rings. The molecule has 2 saturated heterocycles. The number of aliphatic hydroxyl groups excluding tert-OH is 1. The van der Waals surface area contributed by atoms with Crippen molar-refractivity contribution in [2.75, 3.05) is 46.0 Å². The molecule has 1 N–H and O–H groups in total. The molecule has 0 bridgehead atoms. The molecule has 0 spiro atoms. The molecule has 0 unspecified atom stereocenters. The topological polar surface area (TPSA) is 53.0 Å². The number of hydrogen-bond acceptors (Lipinski definition) is 4. The van der Waals surface area contributed by atoms with Gasteiger partial charge in [-0.25, -0.2) is 0 Å². The van der Waals surface area contributed by atoms with Gasteiger partial charge in [0.25, 0.3) is 0 Å². The van der Waals surface area contributed by atoms with Crippen molar-refractivity contribution in [3.63, 3.8) is 0 Å². The van der Waals surface area contributed by atoms with Crippen LogP contribution < -0.4 is 0 Å². The maximum Gasteiger partial charge on any atom is 0.239 e. The molecule has 0 saturated carbocycles. The largest absolute Gasteiger partial charge is 0.396 e. The van der Waals surface area contributed by atoms with E-state index in [2.05, 4.69) is 4.90 Å². The van der Waals surface area contributed by atoms with Gasteiger partial charge in [0, 0.05) is 19.7 Å². The Morgan fingerprint density at radius 2 is 1.89 bits per heavy atom. The van der Waals surface area contributed by atoms with Crippen LogP contribution in [0.1, 0.15) is 19.8 Å². The fourth-order valence-corrected chi connectivity index (χ4v) is 2.73. The maximum absolute atomic E-state index is 12.3. The van der Waals surface area contributed by atoms with E-state index in [1.807, 2.05) is 11.8 Å². The highest BCUT2D eigenvalue weighted by atomic mass is 16.5. The quantitative estimate of drug-likeness (QED) is 0.768. The second-order valence-electron chi connectivity index (χ2n) is 5.28. The molecule has 18 heavy (non-hydrogen) atoms. The number of rotatable bonds is 3. The van der Waals surface area contributed by atoms with Gasteiger partial charge in [0.05, 0.1) is 19.3 Å². The molecule has 1 atom stereocenters. The first-order chi connectivity index (χ1) is 8.72. The molecule has 0 aromatic rings. The molecular weight excluding hydrogens is 232 g/mol. The highest BCUT2D eigenvalue weighted by molar-refractivity contribution is 5.81. The van der Waals surface area contributed by atoms with Crippen LogP contribution in [-0.4, -0.2) is 72.9 Å². The van der Waals surface area contributed by atoms with Crippen molar-refractivity contribution in [1.29, 1.82) is 0 Å². The zero-order chi connectivity index (χ0) is 13.0. The lowest BCUT2D eigenvalue weighted by molar-refractivity contribution is -0.141. The summed E-state index contributed by atoms with van der Waals surface area (Å²) in [5, 5.41) is 9.12. The van der Waals surface area contributed by atoms with Gasteiger partial charge < -0.3 is 14.7 Å². The smallest absolute Gasteiger partial charge is 0.239 e. The number of carbonyl (C=O) groups excluding carboxylic acids is 1. The Labute approximate surface area is 109 Å². The van der Waals surface area contributed by atoms with E-state index < -0.39 is 0 Å². The van der Waals surface area contributed by atoms with Crippen molar-refractivity contribution in [2.24, 2.45) is 5.92 Å². The monoisotopic (exact) mass is 256 g/mol. The van der Waals surface area contributed by atoms with E-state index in [0.29, 0.717) is 19.1 Å². The minimum Gasteiger partial charge on any atom is -0.396 e. The summed E-state index contributed by atoms with van der Waals surface area (Å²) in [4.78, 5) is 16.5. The number of aliphatic hydroxyl groups is 1. The van der Waals surface area contributed by atoms with E-state index in [0.717, 1.165) is 39.0 Å². The van der Waals surface area contributed by atoms with Gasteiger partial charge in [-0.3, -0.25) is 9.69 Å². The van der Waals surface area contributed by atoms with Crippen molar-refractivity contribution >= 4 is 5.91 Å². The molecule has 104 valence electrons. The number of hydrogen-bond donors (Lipinski definition) is 1. The van der Waals surface area contributed by atoms with Gasteiger partial charge in [0.2, 0.25) is 5.91 Å². The summed E-state index contributed by atoms with van der Waals surface area (Å²) >= 11 is 0. The number of likely N-dealkylation sites (tertiary alicyclic amines) is 1. The second kappa shape index (κ2) is 6.50. The fourth-order valence-electron chi connectivity index (χ4n) is 2.73. The first-order valence-corrected chi connectivity index (χ1v) is 6.94. The normalized spacial score (nSPS) is 25.1. The summed E-state index contributed by atoms with van der Waals surface area (Å²) in [5.41, 5.74) is 0. The van der Waals surface area contributed by atoms with Crippen molar-refractivity contribution in [3.05, 3.63) is 0 Å². The van der Waals surface area contributed by atoms with E-state index in [-0.39, 0.29) is 18.6 Å². The van der Waals surface area contributed by atoms with Gasteiger partial charge in [-0.1, -0.05) is 0 Å². The average Bonchev–Trinajstić information content (AvgIpc) is 2.47. The summed E-state index contributed by atoms with van der Waals surface area (Å²) in [7, 11) is 0. The van der Waals surface area contributed by atoms with Crippen molar-refractivity contribution in [2.45, 2.75) is 25.8 Å². The van der Waals surface area contributed by atoms with Crippen LogP contribution >= 0.6 is 0 Å². The van der Waals surface area contributed by atoms with Gasteiger partial charge in [-0.2, -0.15) is 0 Å². The van der Waals surface area contributed by atoms with Gasteiger partial charge in [0.15, 0.2) is 0 Å². The lowest BCUT2D eigenvalue weighted by Gasteiger charge is -2.37. The van der Waals surface area contributed by atoms with Crippen LogP contribution in [0.25, 0.3) is 0 Å². The zero-order valence-electron chi connectivity index (χ0n) is 11.2. The Kier molecular flexibility index (Phi) is 4.97. The van der Waals surface area contributed by atoms with Crippen LogP contribution in [0.2, 0.25) is 0 Å². The third-order valence-electron chi connectivity index (χ3n) is 4.14. The molecule has 2 rings (SSSR count). The van der Waals surface area contributed by atoms with E-state index in [1.54, 1.807) is 0 Å². The average molecular weight is 256 g/mol. The minimum atomic E-state index is -0.0391. The Morgan fingerprint density at radius 3 is 2.44 bits per heavy atom. The predicted octanol–water partition coefficient (Wildman–Crippen LogP) is -0.0620. The number of piperidine rings is 1. The minimum absolute atomic E-state index is 0.0391. The highest BCUT2D eigenvalue weighted by Gasteiger charge is 2.29. The number of amides is 1. The summed E-state index contributed by atoms with van der Waals surface area (Å²) < 4.78 is 5.27. The van der Waals surface area contributed by atoms with E-state index in [4.69, 9.17) is 9.84 Å². The van der Waals surface area contributed by atoms with Gasteiger partial charge >= 0.3 is 0 Å². The number of carbonyl (C=O) groups is 1. The Morgan fingerprint density at radius 1 is 1.28 bits per heavy atom. The Balaban J connectivity index is 1.83. The highest BCUT2D eigenvalue weighted by Crippen LogP contribution is 2.19. The molecule has 2 fully saturated rings. The summed E-state index contributed by atoms with van der Waals surface area (Å²) in [6.07, 6.45) is 1.99. The molecule has 0 aromatic carbocycles. The summed E-state index contributed by atoms with van der Waals surface area (Å²) in [6.45, 7) is 6.87. The zero-order valence-corrected chi connectivity index (χ0v) is 11.2. The lowest BCUT2D eigenvalue weighted by atomic mass is 9.96. The van der Waals surface area contributed by atoms with Gasteiger partial charge in [-0.15, -0.1) is 0 Å². The van der Waals surface area contributed by atoms with E-state index >= 15 is 0 Å². The molecule has 5 nitrogen and oxygen atoms in total. The first kappa shape index (κ1) is 13.8. The van der Waals surface area contributed by atoms with Crippen molar-refractivity contribution < 1.29 is 14.6 Å². The third-order valence-corrected chi connectivity index (χ3v) is 4.14. The Hall–Kier alpha value is -0.650. The first-order valence-electron chi connectivity index (χ1n) is 6.94. The fraction of sp³-hybridized carbons (Fsp3) is 0.923. The van der Waals surface area contributed by atoms with Crippen molar-refractivity contribution in [3.8, 4) is 0 Å². The van der Waals surface area contributed by atoms with E-state index in [1.165, 1.54) is 0 Å². The molecule has 0 radical (unpaired) electrons. The molecule has 5 heteroatoms. The summed E-state index contributed by atoms with van der Waals surface area (Å²) in [6, 6.07) is -0.0391. The standard InChI is InChI=1S/C13H24N2O3/c1-11(13(17)15-6-8-18-9-7-15)14-4-2-12(10-16)3-5-14/h11-12,16H,2-10H2,1H3/t11-/m0/s1. The number of ether oxygens (including phenoxy) is 1. The lowest BCUT2D eigenvalue weighted by Crippen LogP contribution is -2.52. The van der Waals surface area contributed by atoms with Crippen LogP contribution in [0.5, 0.6) is 0 Å². The van der Waals surface area contributed by atoms with Gasteiger partial charge in [-0.05, 0) is 38.8 Å². The number of nitrogens with zero attached hydrogens (tertiary/aromatic N) is 2. The molecule has 2 heterocycles. The van der Waals surface area contributed by atoms with Crippen LogP contribution in [0, 0.1) is 5.92 Å². The van der Waals surface area contributed by atoms with E-state index in [9.17, 15) is 4.79 Å². The van der Waals surface area contributed by atoms with Crippen LogP contribution in [0.4, 0.5) is 0 Å². The maximum atomic E-state index is 12.3. The molecule has 0 aromatic heterocycles. The predicted molar refractivity (Wildman–Crippen MR) is 68.2 cm³/mol. The third kappa shape index (κ3) is 3.22.